The van der Waals surface area contributed by atoms with Crippen molar-refractivity contribution in [1.29, 1.82) is 0 Å². The molecular formula is C24H20F2N4O3S2. The summed E-state index contributed by atoms with van der Waals surface area (Å²) in [6.07, 6.45) is 4.07. The van der Waals surface area contributed by atoms with E-state index < -0.39 is 33.6 Å². The molecule has 3 heterocycles. The Kier molecular flexibility index (Phi) is 6.30. The summed E-state index contributed by atoms with van der Waals surface area (Å²) in [6, 6.07) is 11.3. The van der Waals surface area contributed by atoms with E-state index in [0.717, 1.165) is 29.0 Å². The number of carbonyl (C=O) groups excluding carboxylic acids is 1. The van der Waals surface area contributed by atoms with E-state index in [1.165, 1.54) is 39.5 Å². The Morgan fingerprint density at radius 1 is 1.11 bits per heavy atom. The van der Waals surface area contributed by atoms with Crippen LogP contribution < -0.4 is 4.90 Å². The van der Waals surface area contributed by atoms with Gasteiger partial charge in [-0.2, -0.15) is 4.31 Å². The highest BCUT2D eigenvalue weighted by atomic mass is 32.2. The molecule has 5 rings (SSSR count). The number of anilines is 1. The minimum Gasteiger partial charge on any atom is -0.282 e. The molecule has 7 nitrogen and oxygen atoms in total. The normalized spacial score (nSPS) is 16.6. The third-order valence-corrected chi connectivity index (χ3v) is 8.77. The van der Waals surface area contributed by atoms with E-state index in [1.807, 2.05) is 6.07 Å². The fraction of sp³-hybridized carbons (Fsp3) is 0.208. The molecule has 1 atom stereocenters. The summed E-state index contributed by atoms with van der Waals surface area (Å²) in [4.78, 5) is 23.9. The fourth-order valence-corrected chi connectivity index (χ4v) is 6.76. The predicted octanol–water partition coefficient (Wildman–Crippen LogP) is 4.36. The SMILES string of the molecule is O=C(C1CCCN1S(=O)(=O)c1ccc(F)cc1)N(Cc1cccnc1)c1nc2ccc(F)cc2s1. The van der Waals surface area contributed by atoms with Crippen LogP contribution in [-0.4, -0.2) is 41.2 Å². The summed E-state index contributed by atoms with van der Waals surface area (Å²) < 4.78 is 55.5. The van der Waals surface area contributed by atoms with Crippen LogP contribution in [0.5, 0.6) is 0 Å². The fourth-order valence-electron chi connectivity index (χ4n) is 4.11. The van der Waals surface area contributed by atoms with Gasteiger partial charge < -0.3 is 0 Å². The van der Waals surface area contributed by atoms with Crippen LogP contribution in [0.25, 0.3) is 10.2 Å². The van der Waals surface area contributed by atoms with Gasteiger partial charge in [0.1, 0.15) is 17.7 Å². The van der Waals surface area contributed by atoms with E-state index >= 15 is 0 Å². The van der Waals surface area contributed by atoms with Crippen molar-refractivity contribution in [3.63, 3.8) is 0 Å². The number of rotatable bonds is 6. The number of aromatic nitrogens is 2. The number of thiazole rings is 1. The Balaban J connectivity index is 1.52. The van der Waals surface area contributed by atoms with Crippen molar-refractivity contribution in [2.24, 2.45) is 0 Å². The Labute approximate surface area is 204 Å². The van der Waals surface area contributed by atoms with Crippen LogP contribution in [0.2, 0.25) is 0 Å². The van der Waals surface area contributed by atoms with E-state index in [9.17, 15) is 22.0 Å². The molecule has 0 aliphatic carbocycles. The van der Waals surface area contributed by atoms with Crippen molar-refractivity contribution >= 4 is 42.6 Å². The molecule has 0 N–H and O–H groups in total. The lowest BCUT2D eigenvalue weighted by atomic mass is 10.2. The van der Waals surface area contributed by atoms with Crippen molar-refractivity contribution in [1.82, 2.24) is 14.3 Å². The quantitative estimate of drug-likeness (QED) is 0.382. The number of nitrogens with zero attached hydrogens (tertiary/aromatic N) is 4. The molecule has 0 bridgehead atoms. The monoisotopic (exact) mass is 514 g/mol. The number of fused-ring (bicyclic) bond motifs is 1. The van der Waals surface area contributed by atoms with E-state index in [2.05, 4.69) is 9.97 Å². The number of pyridine rings is 1. The average Bonchev–Trinajstić information content (AvgIpc) is 3.50. The van der Waals surface area contributed by atoms with Gasteiger partial charge in [-0.25, -0.2) is 22.2 Å². The zero-order chi connectivity index (χ0) is 24.6. The predicted molar refractivity (Wildman–Crippen MR) is 128 cm³/mol. The molecule has 0 radical (unpaired) electrons. The summed E-state index contributed by atoms with van der Waals surface area (Å²) in [5, 5.41) is 0.338. The third-order valence-electron chi connectivity index (χ3n) is 5.81. The molecule has 1 aliphatic rings. The highest BCUT2D eigenvalue weighted by Gasteiger charge is 2.42. The van der Waals surface area contributed by atoms with E-state index in [1.54, 1.807) is 18.5 Å². The van der Waals surface area contributed by atoms with Gasteiger partial charge in [0, 0.05) is 18.9 Å². The van der Waals surface area contributed by atoms with Crippen LogP contribution >= 0.6 is 11.3 Å². The minimum atomic E-state index is -4.03. The molecule has 2 aromatic heterocycles. The van der Waals surface area contributed by atoms with Crippen LogP contribution in [-0.2, 0) is 21.4 Å². The molecule has 1 aliphatic heterocycles. The summed E-state index contributed by atoms with van der Waals surface area (Å²) >= 11 is 1.16. The maximum absolute atomic E-state index is 13.9. The second kappa shape index (κ2) is 9.40. The van der Waals surface area contributed by atoms with Crippen LogP contribution in [0.15, 0.2) is 71.9 Å². The van der Waals surface area contributed by atoms with Gasteiger partial charge in [0.15, 0.2) is 5.13 Å². The van der Waals surface area contributed by atoms with Crippen LogP contribution in [0.4, 0.5) is 13.9 Å². The Hall–Kier alpha value is -3.28. The molecule has 1 amide bonds. The Bertz CT molecular complexity index is 1480. The zero-order valence-electron chi connectivity index (χ0n) is 18.3. The summed E-state index contributed by atoms with van der Waals surface area (Å²) in [7, 11) is -4.03. The van der Waals surface area contributed by atoms with Gasteiger partial charge in [0.05, 0.1) is 21.7 Å². The standard InChI is InChI=1S/C24H20F2N4O3S2/c25-17-5-8-19(9-6-17)35(32,33)30-12-2-4-21(30)23(31)29(15-16-3-1-11-27-14-16)24-28-20-10-7-18(26)13-22(20)34-24/h1,3,5-11,13-14,21H,2,4,12,15H2. The minimum absolute atomic E-state index is 0.0760. The van der Waals surface area contributed by atoms with Crippen molar-refractivity contribution in [2.75, 3.05) is 11.4 Å². The number of halogens is 2. The number of sulfonamides is 1. The number of carbonyl (C=O) groups is 1. The Morgan fingerprint density at radius 2 is 1.89 bits per heavy atom. The van der Waals surface area contributed by atoms with Crippen LogP contribution in [0, 0.1) is 11.6 Å². The first-order chi connectivity index (χ1) is 16.8. The highest BCUT2D eigenvalue weighted by Crippen LogP contribution is 2.34. The third kappa shape index (κ3) is 4.66. The van der Waals surface area contributed by atoms with Crippen molar-refractivity contribution in [3.8, 4) is 0 Å². The van der Waals surface area contributed by atoms with Gasteiger partial charge >= 0.3 is 0 Å². The Morgan fingerprint density at radius 3 is 2.63 bits per heavy atom. The largest absolute Gasteiger partial charge is 0.282 e. The summed E-state index contributed by atoms with van der Waals surface area (Å²) in [6.45, 7) is 0.290. The van der Waals surface area contributed by atoms with Gasteiger partial charge in [0.25, 0.3) is 0 Å². The molecule has 1 saturated heterocycles. The first-order valence-corrected chi connectivity index (χ1v) is 13.1. The second-order valence-corrected chi connectivity index (χ2v) is 11.0. The summed E-state index contributed by atoms with van der Waals surface area (Å²) in [5.74, 6) is -1.39. The summed E-state index contributed by atoms with van der Waals surface area (Å²) in [5.41, 5.74) is 1.27. The molecule has 2 aromatic carbocycles. The molecule has 1 fully saturated rings. The lowest BCUT2D eigenvalue weighted by Crippen LogP contribution is -2.47. The lowest BCUT2D eigenvalue weighted by Gasteiger charge is -2.28. The lowest BCUT2D eigenvalue weighted by molar-refractivity contribution is -0.121. The van der Waals surface area contributed by atoms with E-state index in [-0.39, 0.29) is 18.0 Å². The molecule has 11 heteroatoms. The van der Waals surface area contributed by atoms with Gasteiger partial charge in [-0.1, -0.05) is 17.4 Å². The van der Waals surface area contributed by atoms with Crippen molar-refractivity contribution < 1.29 is 22.0 Å². The van der Waals surface area contributed by atoms with Gasteiger partial charge in [-0.15, -0.1) is 0 Å². The van der Waals surface area contributed by atoms with Gasteiger partial charge in [0.2, 0.25) is 15.9 Å². The molecule has 0 spiro atoms. The average molecular weight is 515 g/mol. The van der Waals surface area contributed by atoms with Gasteiger partial charge in [-0.3, -0.25) is 14.7 Å². The molecule has 180 valence electrons. The molecule has 1 unspecified atom stereocenters. The molecule has 0 saturated carbocycles. The van der Waals surface area contributed by atoms with Crippen LogP contribution in [0.3, 0.4) is 0 Å². The number of hydrogen-bond donors (Lipinski definition) is 0. The van der Waals surface area contributed by atoms with Crippen molar-refractivity contribution in [2.45, 2.75) is 30.3 Å². The van der Waals surface area contributed by atoms with Crippen LogP contribution in [0.1, 0.15) is 18.4 Å². The van der Waals surface area contributed by atoms with E-state index in [4.69, 9.17) is 0 Å². The zero-order valence-corrected chi connectivity index (χ0v) is 20.0. The molecule has 4 aromatic rings. The maximum Gasteiger partial charge on any atom is 0.247 e. The smallest absolute Gasteiger partial charge is 0.247 e. The number of hydrogen-bond acceptors (Lipinski definition) is 6. The highest BCUT2D eigenvalue weighted by molar-refractivity contribution is 7.89. The van der Waals surface area contributed by atoms with E-state index in [0.29, 0.717) is 28.2 Å². The topological polar surface area (TPSA) is 83.5 Å². The first-order valence-electron chi connectivity index (χ1n) is 10.9. The second-order valence-electron chi connectivity index (χ2n) is 8.12. The molecule has 35 heavy (non-hydrogen) atoms. The maximum atomic E-state index is 13.9. The van der Waals surface area contributed by atoms with Crippen molar-refractivity contribution in [3.05, 3.63) is 84.2 Å². The van der Waals surface area contributed by atoms with Gasteiger partial charge in [-0.05, 0) is 66.9 Å². The number of benzene rings is 2. The molecular weight excluding hydrogens is 494 g/mol. The first kappa shape index (κ1) is 23.5. The number of amides is 1.